The van der Waals surface area contributed by atoms with Crippen LogP contribution in [-0.4, -0.2) is 44.6 Å². The van der Waals surface area contributed by atoms with Crippen molar-refractivity contribution in [1.29, 1.82) is 0 Å². The van der Waals surface area contributed by atoms with E-state index in [4.69, 9.17) is 15.2 Å². The number of benzene rings is 2. The zero-order chi connectivity index (χ0) is 24.6. The van der Waals surface area contributed by atoms with Crippen LogP contribution in [0.2, 0.25) is 0 Å². The number of anilines is 1. The third-order valence-electron chi connectivity index (χ3n) is 6.40. The number of allylic oxidation sites excluding steroid dienone is 2. The molecule has 2 aromatic carbocycles. The summed E-state index contributed by atoms with van der Waals surface area (Å²) in [7, 11) is 1.67. The van der Waals surface area contributed by atoms with Crippen molar-refractivity contribution in [3.8, 4) is 5.75 Å². The first-order valence-electron chi connectivity index (χ1n) is 11.6. The Labute approximate surface area is 206 Å². The van der Waals surface area contributed by atoms with Crippen LogP contribution < -0.4 is 15.8 Å². The molecule has 3 rings (SSSR count). The van der Waals surface area contributed by atoms with E-state index < -0.39 is 17.4 Å². The molecule has 0 aromatic heterocycles. The van der Waals surface area contributed by atoms with E-state index in [2.05, 4.69) is 30.4 Å². The highest BCUT2D eigenvalue weighted by Crippen LogP contribution is 2.70. The van der Waals surface area contributed by atoms with Gasteiger partial charge in [-0.2, -0.15) is 0 Å². The summed E-state index contributed by atoms with van der Waals surface area (Å²) in [5, 5.41) is 2.44. The van der Waals surface area contributed by atoms with Crippen LogP contribution in [0.3, 0.4) is 0 Å². The van der Waals surface area contributed by atoms with Crippen LogP contribution in [0.15, 0.2) is 59.5 Å². The second kappa shape index (κ2) is 12.0. The standard InChI is InChI=1S/C26H35N2O4PS/c1-20(21-7-11-23(31-2)12-8-21)6-4-5-17-28-22-9-13-24(14-10-22)34-33(3,30)26(25(27)29)15-18-32-19-16-26/h6-14,28H,4-5,15-19H2,1-3H3,(H2,27,29)/b20-6+. The molecule has 2 aromatic rings. The Balaban J connectivity index is 1.49. The van der Waals surface area contributed by atoms with Crippen LogP contribution >= 0.6 is 17.7 Å². The van der Waals surface area contributed by atoms with Gasteiger partial charge in [0.1, 0.15) is 10.9 Å². The number of hydrogen-bond donors (Lipinski definition) is 2. The second-order valence-corrected chi connectivity index (χ2v) is 14.5. The molecule has 0 spiro atoms. The van der Waals surface area contributed by atoms with Crippen LogP contribution in [0.5, 0.6) is 5.75 Å². The molecule has 1 atom stereocenters. The van der Waals surface area contributed by atoms with Gasteiger partial charge in [0, 0.05) is 30.3 Å². The Morgan fingerprint density at radius 3 is 2.41 bits per heavy atom. The van der Waals surface area contributed by atoms with E-state index in [1.54, 1.807) is 13.8 Å². The molecular weight excluding hydrogens is 467 g/mol. The molecule has 184 valence electrons. The van der Waals surface area contributed by atoms with E-state index >= 15 is 0 Å². The molecule has 6 nitrogen and oxygen atoms in total. The monoisotopic (exact) mass is 502 g/mol. The van der Waals surface area contributed by atoms with Gasteiger partial charge in [0.2, 0.25) is 5.91 Å². The molecule has 1 unspecified atom stereocenters. The molecule has 1 amide bonds. The number of rotatable bonds is 11. The molecule has 1 saturated heterocycles. The third-order valence-corrected chi connectivity index (χ3v) is 12.2. The molecule has 0 bridgehead atoms. The fourth-order valence-corrected chi connectivity index (χ4v) is 9.25. The Morgan fingerprint density at radius 2 is 1.82 bits per heavy atom. The third kappa shape index (κ3) is 6.47. The molecular formula is C26H35N2O4PS. The average molecular weight is 503 g/mol. The van der Waals surface area contributed by atoms with E-state index in [0.717, 1.165) is 35.7 Å². The molecule has 0 aliphatic carbocycles. The Hall–Kier alpha value is -2.21. The lowest BCUT2D eigenvalue weighted by Crippen LogP contribution is -2.47. The molecule has 8 heteroatoms. The lowest BCUT2D eigenvalue weighted by molar-refractivity contribution is -0.122. The first kappa shape index (κ1) is 26.4. The van der Waals surface area contributed by atoms with Crippen molar-refractivity contribution in [1.82, 2.24) is 0 Å². The second-order valence-electron chi connectivity index (χ2n) is 8.65. The van der Waals surface area contributed by atoms with Gasteiger partial charge in [0.05, 0.1) is 7.11 Å². The highest BCUT2D eigenvalue weighted by molar-refractivity contribution is 8.58. The summed E-state index contributed by atoms with van der Waals surface area (Å²) in [5.74, 6) is 0.381. The smallest absolute Gasteiger partial charge is 0.232 e. The number of primary amides is 1. The summed E-state index contributed by atoms with van der Waals surface area (Å²) in [6.45, 7) is 5.50. The van der Waals surface area contributed by atoms with Crippen LogP contribution in [0, 0.1) is 0 Å². The maximum absolute atomic E-state index is 13.6. The summed E-state index contributed by atoms with van der Waals surface area (Å²) in [5.41, 5.74) is 9.18. The molecule has 1 aliphatic heterocycles. The van der Waals surface area contributed by atoms with Gasteiger partial charge in [0.15, 0.2) is 6.34 Å². The number of ether oxygens (including phenoxy) is 2. The quantitative estimate of drug-likeness (QED) is 0.288. The van der Waals surface area contributed by atoms with Crippen molar-refractivity contribution in [2.75, 3.05) is 38.8 Å². The first-order chi connectivity index (χ1) is 16.3. The fraction of sp³-hybridized carbons (Fsp3) is 0.423. The van der Waals surface area contributed by atoms with Crippen LogP contribution in [-0.2, 0) is 14.1 Å². The van der Waals surface area contributed by atoms with Crippen molar-refractivity contribution >= 4 is 34.9 Å². The Bertz CT molecular complexity index is 1030. The predicted molar refractivity (Wildman–Crippen MR) is 142 cm³/mol. The Morgan fingerprint density at radius 1 is 1.18 bits per heavy atom. The van der Waals surface area contributed by atoms with Gasteiger partial charge >= 0.3 is 0 Å². The number of carbonyl (C=O) groups excluding carboxylic acids is 1. The fourth-order valence-electron chi connectivity index (χ4n) is 4.11. The van der Waals surface area contributed by atoms with Gasteiger partial charge in [-0.1, -0.05) is 29.6 Å². The molecule has 1 fully saturated rings. The van der Waals surface area contributed by atoms with Crippen LogP contribution in [0.1, 0.15) is 38.2 Å². The molecule has 0 saturated carbocycles. The molecule has 3 N–H and O–H groups in total. The van der Waals surface area contributed by atoms with Crippen molar-refractivity contribution in [2.45, 2.75) is 42.7 Å². The number of amides is 1. The normalized spacial score (nSPS) is 17.6. The number of methoxy groups -OCH3 is 1. The zero-order valence-corrected chi connectivity index (χ0v) is 21.9. The summed E-state index contributed by atoms with van der Waals surface area (Å²) >= 11 is 1.28. The van der Waals surface area contributed by atoms with E-state index in [9.17, 15) is 9.36 Å². The summed E-state index contributed by atoms with van der Waals surface area (Å²) in [4.78, 5) is 13.1. The van der Waals surface area contributed by atoms with E-state index in [1.807, 2.05) is 36.4 Å². The molecule has 1 heterocycles. The van der Waals surface area contributed by atoms with E-state index in [-0.39, 0.29) is 0 Å². The van der Waals surface area contributed by atoms with Crippen molar-refractivity contribution in [3.05, 3.63) is 60.2 Å². The predicted octanol–water partition coefficient (Wildman–Crippen LogP) is 6.03. The lowest BCUT2D eigenvalue weighted by atomic mass is 9.98. The highest BCUT2D eigenvalue weighted by atomic mass is 32.7. The summed E-state index contributed by atoms with van der Waals surface area (Å²) in [6, 6.07) is 16.0. The van der Waals surface area contributed by atoms with Gasteiger partial charge in [-0.05, 0) is 86.8 Å². The van der Waals surface area contributed by atoms with Crippen molar-refractivity contribution < 1.29 is 18.8 Å². The maximum atomic E-state index is 13.6. The van der Waals surface area contributed by atoms with Gasteiger partial charge in [-0.3, -0.25) is 4.79 Å². The van der Waals surface area contributed by atoms with Crippen LogP contribution in [0.25, 0.3) is 5.57 Å². The molecule has 34 heavy (non-hydrogen) atoms. The minimum Gasteiger partial charge on any atom is -0.497 e. The first-order valence-corrected chi connectivity index (χ1v) is 15.1. The number of unbranched alkanes of at least 4 members (excludes halogenated alkanes) is 1. The van der Waals surface area contributed by atoms with Gasteiger partial charge in [-0.15, -0.1) is 0 Å². The number of carbonyl (C=O) groups is 1. The zero-order valence-electron chi connectivity index (χ0n) is 20.2. The largest absolute Gasteiger partial charge is 0.497 e. The van der Waals surface area contributed by atoms with Crippen molar-refractivity contribution in [2.24, 2.45) is 5.73 Å². The van der Waals surface area contributed by atoms with Gasteiger partial charge < -0.3 is 25.1 Å². The summed E-state index contributed by atoms with van der Waals surface area (Å²) in [6.07, 6.45) is 2.14. The van der Waals surface area contributed by atoms with Crippen LogP contribution in [0.4, 0.5) is 5.69 Å². The lowest BCUT2D eigenvalue weighted by Gasteiger charge is -2.38. The number of nitrogens with one attached hydrogen (secondary N) is 1. The molecule has 0 radical (unpaired) electrons. The topological polar surface area (TPSA) is 90.6 Å². The minimum atomic E-state index is -2.93. The summed E-state index contributed by atoms with van der Waals surface area (Å²) < 4.78 is 24.2. The number of nitrogens with two attached hydrogens (primary N) is 1. The SMILES string of the molecule is COc1ccc(/C(C)=C/CCCNc2ccc(SP(C)(=O)C3(C(N)=O)CCOCC3)cc2)cc1. The van der Waals surface area contributed by atoms with E-state index in [1.165, 1.54) is 22.5 Å². The highest BCUT2D eigenvalue weighted by Gasteiger charge is 2.51. The van der Waals surface area contributed by atoms with Gasteiger partial charge in [0.25, 0.3) is 0 Å². The average Bonchev–Trinajstić information content (AvgIpc) is 2.84. The van der Waals surface area contributed by atoms with Gasteiger partial charge in [-0.25, -0.2) is 0 Å². The number of hydrogen-bond acceptors (Lipinski definition) is 6. The Kier molecular flexibility index (Phi) is 9.29. The van der Waals surface area contributed by atoms with E-state index in [0.29, 0.717) is 26.1 Å². The maximum Gasteiger partial charge on any atom is 0.232 e. The minimum absolute atomic E-state index is 0.412. The van der Waals surface area contributed by atoms with Crippen molar-refractivity contribution in [3.63, 3.8) is 0 Å². The molecule has 1 aliphatic rings.